The summed E-state index contributed by atoms with van der Waals surface area (Å²) < 4.78 is 6.06. The average Bonchev–Trinajstić information content (AvgIpc) is 3.36. The summed E-state index contributed by atoms with van der Waals surface area (Å²) in [6.07, 6.45) is 1.61. The molecular formula is C24H21ClN2O2S3. The number of carbonyl (C=O) groups is 1. The summed E-state index contributed by atoms with van der Waals surface area (Å²) in [5.74, 6) is 2.76. The van der Waals surface area contributed by atoms with E-state index in [9.17, 15) is 4.79 Å². The van der Waals surface area contributed by atoms with Crippen LogP contribution in [-0.4, -0.2) is 30.2 Å². The zero-order chi connectivity index (χ0) is 22.2. The standard InChI is InChI=1S/C24H21ClN2O2S3/c25-19-5-11-22(12-6-19)32-21-9-1-17(2-10-21)15-26-27-23(28)16-29-20-7-3-18(4-8-20)24-30-13-14-31-24/h1-12,15,24H,13-14,16H2,(H,27,28)/b26-15-. The van der Waals surface area contributed by atoms with Crippen molar-refractivity contribution in [1.29, 1.82) is 0 Å². The number of nitrogens with one attached hydrogen (secondary N) is 1. The molecule has 0 saturated carbocycles. The summed E-state index contributed by atoms with van der Waals surface area (Å²) in [4.78, 5) is 14.2. The molecule has 0 aliphatic carbocycles. The molecule has 4 nitrogen and oxygen atoms in total. The van der Waals surface area contributed by atoms with Crippen LogP contribution in [0.4, 0.5) is 0 Å². The lowest BCUT2D eigenvalue weighted by molar-refractivity contribution is -0.123. The van der Waals surface area contributed by atoms with Gasteiger partial charge >= 0.3 is 0 Å². The van der Waals surface area contributed by atoms with Gasteiger partial charge in [-0.25, -0.2) is 5.43 Å². The number of amides is 1. The lowest BCUT2D eigenvalue weighted by Gasteiger charge is -2.10. The van der Waals surface area contributed by atoms with Crippen molar-refractivity contribution in [2.45, 2.75) is 14.4 Å². The first-order valence-electron chi connectivity index (χ1n) is 9.97. The number of nitrogens with zero attached hydrogens (tertiary/aromatic N) is 1. The zero-order valence-corrected chi connectivity index (χ0v) is 20.3. The second-order valence-electron chi connectivity index (χ2n) is 6.85. The van der Waals surface area contributed by atoms with E-state index in [4.69, 9.17) is 16.3 Å². The van der Waals surface area contributed by atoms with E-state index in [1.54, 1.807) is 18.0 Å². The highest BCUT2D eigenvalue weighted by atomic mass is 35.5. The van der Waals surface area contributed by atoms with Gasteiger partial charge in [-0.05, 0) is 59.7 Å². The molecule has 0 aromatic heterocycles. The Hall–Kier alpha value is -2.06. The molecule has 1 aliphatic rings. The number of benzene rings is 3. The van der Waals surface area contributed by atoms with Crippen molar-refractivity contribution >= 4 is 59.0 Å². The highest BCUT2D eigenvalue weighted by Crippen LogP contribution is 2.45. The number of rotatable bonds is 8. The number of hydrogen-bond acceptors (Lipinski definition) is 6. The number of ether oxygens (including phenoxy) is 1. The molecule has 1 amide bonds. The van der Waals surface area contributed by atoms with Crippen molar-refractivity contribution in [2.24, 2.45) is 5.10 Å². The molecule has 1 fully saturated rings. The fraction of sp³-hybridized carbons (Fsp3) is 0.167. The van der Waals surface area contributed by atoms with Crippen molar-refractivity contribution in [1.82, 2.24) is 5.43 Å². The van der Waals surface area contributed by atoms with Gasteiger partial charge in [-0.1, -0.05) is 47.6 Å². The first kappa shape index (κ1) is 23.1. The summed E-state index contributed by atoms with van der Waals surface area (Å²) in [5, 5.41) is 4.74. The van der Waals surface area contributed by atoms with Crippen LogP contribution in [0.1, 0.15) is 15.7 Å². The number of halogens is 1. The molecule has 4 rings (SSSR count). The largest absolute Gasteiger partial charge is 0.484 e. The summed E-state index contributed by atoms with van der Waals surface area (Å²) in [6.45, 7) is -0.0831. The van der Waals surface area contributed by atoms with E-state index in [2.05, 4.69) is 22.7 Å². The van der Waals surface area contributed by atoms with Gasteiger partial charge in [-0.3, -0.25) is 4.79 Å². The molecule has 0 atom stereocenters. The van der Waals surface area contributed by atoms with Crippen LogP contribution in [0.15, 0.2) is 87.7 Å². The maximum atomic E-state index is 12.0. The minimum atomic E-state index is -0.304. The SMILES string of the molecule is O=C(COc1ccc(C2SCCS2)cc1)N/N=C\c1ccc(Sc2ccc(Cl)cc2)cc1. The number of hydrogen-bond donors (Lipinski definition) is 1. The van der Waals surface area contributed by atoms with Gasteiger partial charge in [-0.15, -0.1) is 23.5 Å². The van der Waals surface area contributed by atoms with Crippen LogP contribution < -0.4 is 10.2 Å². The Labute approximate surface area is 205 Å². The van der Waals surface area contributed by atoms with E-state index in [1.807, 2.05) is 84.2 Å². The molecule has 0 spiro atoms. The molecule has 3 aromatic carbocycles. The van der Waals surface area contributed by atoms with Crippen LogP contribution in [-0.2, 0) is 4.79 Å². The summed E-state index contributed by atoms with van der Waals surface area (Å²) in [7, 11) is 0. The third kappa shape index (κ3) is 6.97. The van der Waals surface area contributed by atoms with Crippen LogP contribution in [0.25, 0.3) is 0 Å². The molecule has 0 radical (unpaired) electrons. The predicted molar refractivity (Wildman–Crippen MR) is 137 cm³/mol. The van der Waals surface area contributed by atoms with E-state index in [-0.39, 0.29) is 12.5 Å². The minimum Gasteiger partial charge on any atom is -0.484 e. The second kappa shape index (κ2) is 11.7. The Kier molecular flexibility index (Phi) is 8.45. The number of hydrazone groups is 1. The van der Waals surface area contributed by atoms with Gasteiger partial charge in [0.15, 0.2) is 6.61 Å². The molecule has 164 valence electrons. The normalized spacial score (nSPS) is 14.0. The number of carbonyl (C=O) groups excluding carboxylic acids is 1. The number of thioether (sulfide) groups is 2. The van der Waals surface area contributed by atoms with Crippen LogP contribution >= 0.6 is 46.9 Å². The minimum absolute atomic E-state index is 0.0831. The van der Waals surface area contributed by atoms with E-state index >= 15 is 0 Å². The van der Waals surface area contributed by atoms with Crippen molar-refractivity contribution in [3.8, 4) is 5.75 Å². The van der Waals surface area contributed by atoms with Crippen LogP contribution in [0, 0.1) is 0 Å². The van der Waals surface area contributed by atoms with E-state index < -0.39 is 0 Å². The van der Waals surface area contributed by atoms with Gasteiger partial charge in [0.25, 0.3) is 5.91 Å². The predicted octanol–water partition coefficient (Wildman–Crippen LogP) is 6.50. The molecular weight excluding hydrogens is 480 g/mol. The Morgan fingerprint density at radius 1 is 1.00 bits per heavy atom. The van der Waals surface area contributed by atoms with Gasteiger partial charge < -0.3 is 4.74 Å². The van der Waals surface area contributed by atoms with Gasteiger partial charge in [0.05, 0.1) is 10.8 Å². The summed E-state index contributed by atoms with van der Waals surface area (Å²) in [6, 6.07) is 23.6. The molecule has 3 aromatic rings. The highest BCUT2D eigenvalue weighted by molar-refractivity contribution is 8.19. The summed E-state index contributed by atoms with van der Waals surface area (Å²) in [5.41, 5.74) is 4.68. The maximum absolute atomic E-state index is 12.0. The van der Waals surface area contributed by atoms with E-state index in [1.165, 1.54) is 17.1 Å². The highest BCUT2D eigenvalue weighted by Gasteiger charge is 2.17. The Bertz CT molecular complexity index is 1050. The zero-order valence-electron chi connectivity index (χ0n) is 17.1. The van der Waals surface area contributed by atoms with E-state index in [0.717, 1.165) is 20.4 Å². The molecule has 8 heteroatoms. The first-order chi connectivity index (χ1) is 15.7. The maximum Gasteiger partial charge on any atom is 0.277 e. The molecule has 1 aliphatic heterocycles. The van der Waals surface area contributed by atoms with Crippen molar-refractivity contribution in [3.05, 3.63) is 88.9 Å². The topological polar surface area (TPSA) is 50.7 Å². The fourth-order valence-electron chi connectivity index (χ4n) is 2.89. The smallest absolute Gasteiger partial charge is 0.277 e. The molecule has 1 N–H and O–H groups in total. The third-order valence-electron chi connectivity index (χ3n) is 4.48. The van der Waals surface area contributed by atoms with Crippen LogP contribution in [0.3, 0.4) is 0 Å². The molecule has 0 bridgehead atoms. The Balaban J connectivity index is 1.20. The van der Waals surface area contributed by atoms with E-state index in [0.29, 0.717) is 10.3 Å². The second-order valence-corrected chi connectivity index (χ2v) is 11.2. The molecule has 0 unspecified atom stereocenters. The quantitative estimate of drug-likeness (QED) is 0.282. The summed E-state index contributed by atoms with van der Waals surface area (Å²) >= 11 is 11.5. The lowest BCUT2D eigenvalue weighted by Crippen LogP contribution is -2.24. The first-order valence-corrected chi connectivity index (χ1v) is 13.3. The van der Waals surface area contributed by atoms with Crippen molar-refractivity contribution < 1.29 is 9.53 Å². The Morgan fingerprint density at radius 3 is 2.28 bits per heavy atom. The van der Waals surface area contributed by atoms with Crippen LogP contribution in [0.5, 0.6) is 5.75 Å². The molecule has 32 heavy (non-hydrogen) atoms. The van der Waals surface area contributed by atoms with Gasteiger partial charge in [0.2, 0.25) is 0 Å². The molecule has 1 heterocycles. The van der Waals surface area contributed by atoms with Gasteiger partial charge in [0.1, 0.15) is 5.75 Å². The Morgan fingerprint density at radius 2 is 1.62 bits per heavy atom. The van der Waals surface area contributed by atoms with Crippen molar-refractivity contribution in [3.63, 3.8) is 0 Å². The molecule has 1 saturated heterocycles. The lowest BCUT2D eigenvalue weighted by atomic mass is 10.2. The fourth-order valence-corrected chi connectivity index (χ4v) is 6.69. The monoisotopic (exact) mass is 500 g/mol. The third-order valence-corrected chi connectivity index (χ3v) is 8.85. The van der Waals surface area contributed by atoms with Crippen molar-refractivity contribution in [2.75, 3.05) is 18.1 Å². The van der Waals surface area contributed by atoms with Gasteiger partial charge in [0, 0.05) is 26.3 Å². The van der Waals surface area contributed by atoms with Gasteiger partial charge in [-0.2, -0.15) is 5.10 Å². The van der Waals surface area contributed by atoms with Crippen LogP contribution in [0.2, 0.25) is 5.02 Å². The average molecular weight is 501 g/mol.